The topological polar surface area (TPSA) is 58.6 Å². The third-order valence-corrected chi connectivity index (χ3v) is 6.68. The van der Waals surface area contributed by atoms with Crippen molar-refractivity contribution < 1.29 is 14.3 Å². The van der Waals surface area contributed by atoms with Gasteiger partial charge < -0.3 is 10.1 Å². The monoisotopic (exact) mass is 398 g/mol. The molecule has 1 saturated heterocycles. The van der Waals surface area contributed by atoms with E-state index in [0.29, 0.717) is 5.92 Å². The van der Waals surface area contributed by atoms with E-state index in [-0.39, 0.29) is 24.1 Å². The third kappa shape index (κ3) is 4.29. The highest BCUT2D eigenvalue weighted by molar-refractivity contribution is 5.87. The number of hydrogen-bond acceptors (Lipinski definition) is 3. The highest BCUT2D eigenvalue weighted by atomic mass is 16.6. The van der Waals surface area contributed by atoms with Crippen LogP contribution in [-0.2, 0) is 16.0 Å². The summed E-state index contributed by atoms with van der Waals surface area (Å²) in [7, 11) is 0. The van der Waals surface area contributed by atoms with Crippen LogP contribution in [0, 0.1) is 5.92 Å². The van der Waals surface area contributed by atoms with Crippen molar-refractivity contribution in [2.24, 2.45) is 5.92 Å². The molecule has 158 valence electrons. The summed E-state index contributed by atoms with van der Waals surface area (Å²) in [5, 5.41) is 3.29. The van der Waals surface area contributed by atoms with Crippen molar-refractivity contribution in [1.29, 1.82) is 0 Å². The molecule has 4 rings (SSSR count). The molecular weight excluding hydrogens is 364 g/mol. The van der Waals surface area contributed by atoms with E-state index in [4.69, 9.17) is 4.74 Å². The number of hydrogen-bond donors (Lipinski definition) is 1. The first-order valence-electron chi connectivity index (χ1n) is 11.2. The van der Waals surface area contributed by atoms with Gasteiger partial charge in [-0.25, -0.2) is 4.79 Å². The highest BCUT2D eigenvalue weighted by Crippen LogP contribution is 2.41. The van der Waals surface area contributed by atoms with Gasteiger partial charge in [0.15, 0.2) is 0 Å². The minimum Gasteiger partial charge on any atom is -0.444 e. The van der Waals surface area contributed by atoms with E-state index in [1.54, 1.807) is 4.90 Å². The molecule has 3 aliphatic rings. The lowest BCUT2D eigenvalue weighted by Crippen LogP contribution is -2.51. The lowest BCUT2D eigenvalue weighted by atomic mass is 9.84. The zero-order chi connectivity index (χ0) is 20.6. The van der Waals surface area contributed by atoms with Crippen LogP contribution in [0.15, 0.2) is 24.3 Å². The minimum atomic E-state index is -0.562. The zero-order valence-electron chi connectivity index (χ0n) is 17.9. The van der Waals surface area contributed by atoms with Gasteiger partial charge in [-0.15, -0.1) is 0 Å². The van der Waals surface area contributed by atoms with Gasteiger partial charge in [0.2, 0.25) is 5.91 Å². The Bertz CT molecular complexity index is 770. The summed E-state index contributed by atoms with van der Waals surface area (Å²) >= 11 is 0. The fourth-order valence-corrected chi connectivity index (χ4v) is 5.44. The first kappa shape index (κ1) is 20.2. The molecule has 2 aliphatic carbocycles. The Labute approximate surface area is 174 Å². The number of fused-ring (bicyclic) bond motifs is 2. The van der Waals surface area contributed by atoms with Crippen LogP contribution in [0.25, 0.3) is 0 Å². The fourth-order valence-electron chi connectivity index (χ4n) is 5.44. The third-order valence-electron chi connectivity index (χ3n) is 6.68. The number of benzene rings is 1. The van der Waals surface area contributed by atoms with Crippen LogP contribution in [0.2, 0.25) is 0 Å². The first-order chi connectivity index (χ1) is 13.8. The molecule has 0 radical (unpaired) electrons. The Hall–Kier alpha value is -2.04. The number of nitrogens with zero attached hydrogens (tertiary/aromatic N) is 1. The molecular formula is C24H34N2O3. The Balaban J connectivity index is 1.53. The quantitative estimate of drug-likeness (QED) is 0.782. The predicted octanol–water partition coefficient (Wildman–Crippen LogP) is 4.75. The van der Waals surface area contributed by atoms with Crippen LogP contribution >= 0.6 is 0 Å². The highest BCUT2D eigenvalue weighted by Gasteiger charge is 2.49. The van der Waals surface area contributed by atoms with Crippen LogP contribution in [0.1, 0.15) is 82.9 Å². The summed E-state index contributed by atoms with van der Waals surface area (Å²) in [5.74, 6) is 0.387. The molecule has 0 spiro atoms. The molecule has 1 N–H and O–H groups in total. The van der Waals surface area contributed by atoms with E-state index < -0.39 is 11.6 Å². The summed E-state index contributed by atoms with van der Waals surface area (Å²) in [6, 6.07) is 8.13. The molecule has 2 amide bonds. The summed E-state index contributed by atoms with van der Waals surface area (Å²) in [6.07, 6.45) is 7.89. The van der Waals surface area contributed by atoms with Crippen molar-refractivity contribution >= 4 is 12.0 Å². The molecule has 2 fully saturated rings. The molecule has 29 heavy (non-hydrogen) atoms. The average Bonchev–Trinajstić information content (AvgIpc) is 3.07. The molecule has 4 atom stereocenters. The predicted molar refractivity (Wildman–Crippen MR) is 112 cm³/mol. The number of likely N-dealkylation sites (tertiary alicyclic amines) is 1. The van der Waals surface area contributed by atoms with Crippen molar-refractivity contribution in [3.63, 3.8) is 0 Å². The molecule has 0 aromatic heterocycles. The second kappa shape index (κ2) is 8.00. The maximum Gasteiger partial charge on any atom is 0.411 e. The SMILES string of the molecule is CC(C)(C)OC(=O)N1C(C(=O)NC2CCCc3ccccc32)CC2CCCCC21. The van der Waals surface area contributed by atoms with Gasteiger partial charge in [0.25, 0.3) is 0 Å². The van der Waals surface area contributed by atoms with Gasteiger partial charge >= 0.3 is 6.09 Å². The van der Waals surface area contributed by atoms with E-state index in [1.807, 2.05) is 26.8 Å². The van der Waals surface area contributed by atoms with Gasteiger partial charge in [-0.05, 0) is 76.3 Å². The Kier molecular flexibility index (Phi) is 5.58. The number of carbonyl (C=O) groups is 2. The van der Waals surface area contributed by atoms with Crippen molar-refractivity contribution in [3.8, 4) is 0 Å². The Morgan fingerprint density at radius 3 is 2.62 bits per heavy atom. The van der Waals surface area contributed by atoms with Crippen LogP contribution in [0.3, 0.4) is 0 Å². The molecule has 1 aliphatic heterocycles. The molecule has 1 heterocycles. The lowest BCUT2D eigenvalue weighted by molar-refractivity contribution is -0.126. The number of rotatable bonds is 2. The van der Waals surface area contributed by atoms with Gasteiger partial charge in [-0.2, -0.15) is 0 Å². The molecule has 5 nitrogen and oxygen atoms in total. The molecule has 4 unspecified atom stereocenters. The maximum absolute atomic E-state index is 13.4. The number of amides is 2. The van der Waals surface area contributed by atoms with Crippen molar-refractivity contribution in [2.45, 2.75) is 95.9 Å². The van der Waals surface area contributed by atoms with E-state index in [1.165, 1.54) is 17.5 Å². The van der Waals surface area contributed by atoms with E-state index >= 15 is 0 Å². The summed E-state index contributed by atoms with van der Waals surface area (Å²) in [5.41, 5.74) is 1.99. The van der Waals surface area contributed by atoms with Crippen molar-refractivity contribution in [1.82, 2.24) is 10.2 Å². The maximum atomic E-state index is 13.4. The second-order valence-electron chi connectivity index (χ2n) is 9.90. The van der Waals surface area contributed by atoms with Gasteiger partial charge in [0.05, 0.1) is 6.04 Å². The number of carbonyl (C=O) groups excluding carboxylic acids is 2. The number of aryl methyl sites for hydroxylation is 1. The summed E-state index contributed by atoms with van der Waals surface area (Å²) < 4.78 is 5.70. The van der Waals surface area contributed by atoms with Crippen molar-refractivity contribution in [3.05, 3.63) is 35.4 Å². The van der Waals surface area contributed by atoms with E-state index in [0.717, 1.165) is 44.9 Å². The molecule has 0 bridgehead atoms. The lowest BCUT2D eigenvalue weighted by Gasteiger charge is -2.35. The summed E-state index contributed by atoms with van der Waals surface area (Å²) in [4.78, 5) is 28.2. The van der Waals surface area contributed by atoms with E-state index in [9.17, 15) is 9.59 Å². The molecule has 1 aromatic carbocycles. The van der Waals surface area contributed by atoms with Crippen LogP contribution in [0.4, 0.5) is 4.79 Å². The minimum absolute atomic E-state index is 0.0213. The molecule has 5 heteroatoms. The Morgan fingerprint density at radius 1 is 1.07 bits per heavy atom. The van der Waals surface area contributed by atoms with Gasteiger partial charge in [0, 0.05) is 6.04 Å². The second-order valence-corrected chi connectivity index (χ2v) is 9.90. The fraction of sp³-hybridized carbons (Fsp3) is 0.667. The molecule has 1 aromatic rings. The van der Waals surface area contributed by atoms with Crippen molar-refractivity contribution in [2.75, 3.05) is 0 Å². The first-order valence-corrected chi connectivity index (χ1v) is 11.2. The van der Waals surface area contributed by atoms with Gasteiger partial charge in [-0.3, -0.25) is 9.69 Å². The van der Waals surface area contributed by atoms with Crippen LogP contribution in [-0.4, -0.2) is 34.6 Å². The summed E-state index contributed by atoms with van der Waals surface area (Å²) in [6.45, 7) is 5.65. The smallest absolute Gasteiger partial charge is 0.411 e. The largest absolute Gasteiger partial charge is 0.444 e. The average molecular weight is 399 g/mol. The molecule has 1 saturated carbocycles. The van der Waals surface area contributed by atoms with Crippen LogP contribution < -0.4 is 5.32 Å². The van der Waals surface area contributed by atoms with Gasteiger partial charge in [-0.1, -0.05) is 37.1 Å². The zero-order valence-corrected chi connectivity index (χ0v) is 17.9. The standard InChI is InChI=1S/C24H34N2O3/c1-24(2,3)29-23(28)26-20-14-7-5-10-17(20)15-21(26)22(27)25-19-13-8-11-16-9-4-6-12-18(16)19/h4,6,9,12,17,19-21H,5,7-8,10-11,13-15H2,1-3H3,(H,25,27). The van der Waals surface area contributed by atoms with Crippen LogP contribution in [0.5, 0.6) is 0 Å². The van der Waals surface area contributed by atoms with Gasteiger partial charge in [0.1, 0.15) is 11.6 Å². The normalized spacial score (nSPS) is 29.0. The number of ether oxygens (including phenoxy) is 1. The van der Waals surface area contributed by atoms with E-state index in [2.05, 4.69) is 23.5 Å². The Morgan fingerprint density at radius 2 is 1.83 bits per heavy atom. The number of nitrogens with one attached hydrogen (secondary N) is 1.